The monoisotopic (exact) mass is 404 g/mol. The number of aliphatic hydroxyl groups excluding tert-OH is 3. The molecule has 1 saturated heterocycles. The van der Waals surface area contributed by atoms with Gasteiger partial charge in [-0.2, -0.15) is 9.97 Å². The lowest BCUT2D eigenvalue weighted by molar-refractivity contribution is -0.0511. The van der Waals surface area contributed by atoms with E-state index in [9.17, 15) is 15.3 Å². The van der Waals surface area contributed by atoms with Crippen molar-refractivity contribution in [1.82, 2.24) is 19.5 Å². The lowest BCUT2D eigenvalue weighted by Gasteiger charge is -2.21. The van der Waals surface area contributed by atoms with E-state index in [2.05, 4.69) is 20.3 Å². The highest BCUT2D eigenvalue weighted by atomic mass is 16.6. The van der Waals surface area contributed by atoms with Crippen LogP contribution in [0.1, 0.15) is 38.3 Å². The molecule has 3 aliphatic rings. The summed E-state index contributed by atoms with van der Waals surface area (Å²) < 4.78 is 7.12. The maximum Gasteiger partial charge on any atom is 0.226 e. The predicted octanol–water partition coefficient (Wildman–Crippen LogP) is 0.258. The summed E-state index contributed by atoms with van der Waals surface area (Å²) in [6.07, 6.45) is 3.86. The molecular formula is C19H28N6O4. The normalized spacial score (nSPS) is 36.3. The van der Waals surface area contributed by atoms with Crippen LogP contribution < -0.4 is 11.1 Å². The summed E-state index contributed by atoms with van der Waals surface area (Å²) in [5.74, 6) is 3.24. The quantitative estimate of drug-likeness (QED) is 0.456. The number of nitrogens with zero attached hydrogens (tertiary/aromatic N) is 4. The van der Waals surface area contributed by atoms with Crippen molar-refractivity contribution in [3.63, 3.8) is 0 Å². The predicted molar refractivity (Wildman–Crippen MR) is 105 cm³/mol. The molecule has 0 aromatic carbocycles. The first-order chi connectivity index (χ1) is 14.0. The highest BCUT2D eigenvalue weighted by Crippen LogP contribution is 2.49. The number of hydrogen-bond acceptors (Lipinski definition) is 9. The Bertz CT molecular complexity index is 891. The largest absolute Gasteiger partial charge is 0.394 e. The Hall–Kier alpha value is -2.01. The van der Waals surface area contributed by atoms with E-state index in [-0.39, 0.29) is 5.82 Å². The van der Waals surface area contributed by atoms with Crippen LogP contribution in [0.5, 0.6) is 0 Å². The zero-order valence-corrected chi connectivity index (χ0v) is 16.2. The van der Waals surface area contributed by atoms with Gasteiger partial charge in [0.15, 0.2) is 17.7 Å². The number of aromatic nitrogens is 4. The van der Waals surface area contributed by atoms with Gasteiger partial charge in [-0.25, -0.2) is 4.98 Å². The number of ether oxygens (including phenoxy) is 1. The zero-order valence-electron chi connectivity index (χ0n) is 16.2. The average Bonchev–Trinajstić information content (AvgIpc) is 3.47. The van der Waals surface area contributed by atoms with Gasteiger partial charge in [0.25, 0.3) is 0 Å². The Morgan fingerprint density at radius 3 is 2.76 bits per heavy atom. The maximum absolute atomic E-state index is 10.3. The van der Waals surface area contributed by atoms with E-state index in [0.29, 0.717) is 17.1 Å². The Kier molecular flexibility index (Phi) is 4.81. The Labute approximate surface area is 168 Å². The van der Waals surface area contributed by atoms with Crippen LogP contribution in [0.3, 0.4) is 0 Å². The second-order valence-electron chi connectivity index (χ2n) is 8.64. The maximum atomic E-state index is 10.3. The van der Waals surface area contributed by atoms with Gasteiger partial charge in [-0.05, 0) is 43.4 Å². The minimum Gasteiger partial charge on any atom is -0.394 e. The summed E-state index contributed by atoms with van der Waals surface area (Å²) in [6.45, 7) is 0.384. The van der Waals surface area contributed by atoms with Gasteiger partial charge in [0.2, 0.25) is 5.95 Å². The van der Waals surface area contributed by atoms with Crippen molar-refractivity contribution in [2.45, 2.75) is 56.6 Å². The molecule has 7 atom stereocenters. The molecule has 2 saturated carbocycles. The van der Waals surface area contributed by atoms with Crippen LogP contribution in [0, 0.1) is 17.8 Å². The second-order valence-corrected chi connectivity index (χ2v) is 8.64. The molecule has 5 rings (SSSR count). The van der Waals surface area contributed by atoms with E-state index in [0.717, 1.165) is 30.7 Å². The van der Waals surface area contributed by atoms with Gasteiger partial charge in [0, 0.05) is 6.54 Å². The molecule has 0 spiro atoms. The van der Waals surface area contributed by atoms with E-state index in [1.54, 1.807) is 0 Å². The topological polar surface area (TPSA) is 152 Å². The first-order valence-electron chi connectivity index (χ1n) is 10.4. The molecule has 2 aliphatic carbocycles. The van der Waals surface area contributed by atoms with Crippen LogP contribution in [-0.4, -0.2) is 66.3 Å². The first kappa shape index (κ1) is 19.0. The third kappa shape index (κ3) is 3.24. The fraction of sp³-hybridized carbons (Fsp3) is 0.737. The Balaban J connectivity index is 1.33. The molecule has 3 fully saturated rings. The molecular weight excluding hydrogens is 376 g/mol. The summed E-state index contributed by atoms with van der Waals surface area (Å²) in [6, 6.07) is 0. The van der Waals surface area contributed by atoms with Crippen molar-refractivity contribution in [2.24, 2.45) is 17.8 Å². The van der Waals surface area contributed by atoms with Crippen molar-refractivity contribution in [1.29, 1.82) is 0 Å². The highest BCUT2D eigenvalue weighted by molar-refractivity contribution is 5.83. The molecule has 2 aromatic rings. The zero-order chi connectivity index (χ0) is 20.1. The van der Waals surface area contributed by atoms with Crippen molar-refractivity contribution in [2.75, 3.05) is 24.2 Å². The SMILES string of the molecule is Nc1nc(NCC[C@H]2CC3CCC2C3)nc2c1ncn2[C@@H]1O[C@H](CO)[C@@H](O)[C@H]1O. The number of nitrogens with two attached hydrogens (primary N) is 1. The lowest BCUT2D eigenvalue weighted by Crippen LogP contribution is -2.33. The fourth-order valence-electron chi connectivity index (χ4n) is 5.41. The number of aliphatic hydroxyl groups is 3. The molecule has 0 radical (unpaired) electrons. The van der Waals surface area contributed by atoms with Gasteiger partial charge in [-0.3, -0.25) is 4.57 Å². The van der Waals surface area contributed by atoms with Crippen LogP contribution in [0.4, 0.5) is 11.8 Å². The summed E-state index contributed by atoms with van der Waals surface area (Å²) in [5, 5.41) is 32.9. The molecule has 1 aliphatic heterocycles. The smallest absolute Gasteiger partial charge is 0.226 e. The fourth-order valence-corrected chi connectivity index (χ4v) is 5.41. The summed E-state index contributed by atoms with van der Waals surface area (Å²) >= 11 is 0. The molecule has 2 bridgehead atoms. The van der Waals surface area contributed by atoms with Crippen LogP contribution in [0.15, 0.2) is 6.33 Å². The molecule has 10 heteroatoms. The Morgan fingerprint density at radius 2 is 2.07 bits per heavy atom. The first-order valence-corrected chi connectivity index (χ1v) is 10.4. The van der Waals surface area contributed by atoms with Crippen LogP contribution in [0.2, 0.25) is 0 Å². The van der Waals surface area contributed by atoms with Gasteiger partial charge in [0.05, 0.1) is 12.9 Å². The van der Waals surface area contributed by atoms with E-state index in [4.69, 9.17) is 10.5 Å². The van der Waals surface area contributed by atoms with E-state index in [1.165, 1.54) is 36.6 Å². The molecule has 29 heavy (non-hydrogen) atoms. The van der Waals surface area contributed by atoms with Crippen molar-refractivity contribution >= 4 is 22.9 Å². The molecule has 0 amide bonds. The standard InChI is InChI=1S/C19H28N6O4/c20-16-13-17(25(8-22-13)18-15(28)14(27)12(7-26)29-18)24-19(23-16)21-4-3-11-6-9-1-2-10(11)5-9/h8-12,14-15,18,26-28H,1-7H2,(H3,20,21,23,24)/t9?,10?,11-,12+,14+,15+,18+/m0/s1. The minimum absolute atomic E-state index is 0.239. The third-order valence-electron chi connectivity index (χ3n) is 6.92. The Morgan fingerprint density at radius 1 is 1.21 bits per heavy atom. The highest BCUT2D eigenvalue weighted by Gasteiger charge is 2.44. The van der Waals surface area contributed by atoms with Gasteiger partial charge < -0.3 is 31.1 Å². The van der Waals surface area contributed by atoms with Gasteiger partial charge in [-0.1, -0.05) is 6.42 Å². The number of anilines is 2. The van der Waals surface area contributed by atoms with Crippen LogP contribution in [-0.2, 0) is 4.74 Å². The van der Waals surface area contributed by atoms with Crippen molar-refractivity contribution < 1.29 is 20.1 Å². The van der Waals surface area contributed by atoms with Crippen LogP contribution >= 0.6 is 0 Å². The van der Waals surface area contributed by atoms with E-state index < -0.39 is 31.1 Å². The lowest BCUT2D eigenvalue weighted by atomic mass is 9.86. The molecule has 10 nitrogen and oxygen atoms in total. The molecule has 3 heterocycles. The number of hydrogen-bond donors (Lipinski definition) is 5. The van der Waals surface area contributed by atoms with Crippen LogP contribution in [0.25, 0.3) is 11.2 Å². The number of nitrogen functional groups attached to an aromatic ring is 1. The minimum atomic E-state index is -1.21. The third-order valence-corrected chi connectivity index (χ3v) is 6.92. The average molecular weight is 404 g/mol. The van der Waals surface area contributed by atoms with E-state index in [1.807, 2.05) is 0 Å². The molecule has 2 unspecified atom stereocenters. The number of rotatable bonds is 6. The van der Waals surface area contributed by atoms with Crippen molar-refractivity contribution in [3.05, 3.63) is 6.33 Å². The molecule has 6 N–H and O–H groups in total. The second kappa shape index (κ2) is 7.35. The molecule has 158 valence electrons. The van der Waals surface area contributed by atoms with Gasteiger partial charge in [-0.15, -0.1) is 0 Å². The number of imidazole rings is 1. The summed E-state index contributed by atoms with van der Waals surface area (Å²) in [5.41, 5.74) is 6.88. The molecule has 2 aromatic heterocycles. The van der Waals surface area contributed by atoms with Crippen molar-refractivity contribution in [3.8, 4) is 0 Å². The number of nitrogens with one attached hydrogen (secondary N) is 1. The summed E-state index contributed by atoms with van der Waals surface area (Å²) in [4.78, 5) is 13.1. The van der Waals surface area contributed by atoms with E-state index >= 15 is 0 Å². The van der Waals surface area contributed by atoms with Gasteiger partial charge in [0.1, 0.15) is 23.8 Å². The summed E-state index contributed by atoms with van der Waals surface area (Å²) in [7, 11) is 0. The number of fused-ring (bicyclic) bond motifs is 3. The van der Waals surface area contributed by atoms with Gasteiger partial charge >= 0.3 is 0 Å².